The summed E-state index contributed by atoms with van der Waals surface area (Å²) >= 11 is 0. The number of hydrogen-bond donors (Lipinski definition) is 3. The van der Waals surface area contributed by atoms with Crippen LogP contribution in [-0.4, -0.2) is 51.4 Å². The van der Waals surface area contributed by atoms with Crippen LogP contribution < -0.4 is 0 Å². The Balaban J connectivity index is 1.89. The first-order chi connectivity index (χ1) is 18.4. The number of aliphatic hydroxyl groups is 1. The van der Waals surface area contributed by atoms with Crippen LogP contribution in [0.4, 0.5) is 0 Å². The second-order valence-electron chi connectivity index (χ2n) is 13.2. The van der Waals surface area contributed by atoms with Crippen molar-refractivity contribution in [3.63, 3.8) is 0 Å². The Morgan fingerprint density at radius 2 is 1.49 bits per heavy atom. The minimum Gasteiger partial charge on any atom is -0.481 e. The van der Waals surface area contributed by atoms with Crippen LogP contribution >= 0.6 is 0 Å². The first kappa shape index (κ1) is 34.0. The highest BCUT2D eigenvalue weighted by Crippen LogP contribution is 2.46. The molecule has 0 aromatic carbocycles. The number of rotatable bonds is 18. The summed E-state index contributed by atoms with van der Waals surface area (Å²) in [6, 6.07) is 0. The van der Waals surface area contributed by atoms with E-state index in [1.54, 1.807) is 0 Å². The zero-order valence-corrected chi connectivity index (χ0v) is 25.4. The van der Waals surface area contributed by atoms with Crippen LogP contribution in [0.15, 0.2) is 0 Å². The molecule has 7 heteroatoms. The molecule has 2 rings (SSSR count). The van der Waals surface area contributed by atoms with Crippen molar-refractivity contribution in [3.8, 4) is 0 Å². The summed E-state index contributed by atoms with van der Waals surface area (Å²) in [6.07, 6.45) is 13.8. The largest absolute Gasteiger partial charge is 0.481 e. The smallest absolute Gasteiger partial charge is 0.303 e. The van der Waals surface area contributed by atoms with Gasteiger partial charge in [0.15, 0.2) is 5.79 Å². The van der Waals surface area contributed by atoms with Crippen LogP contribution in [-0.2, 0) is 19.1 Å². The lowest BCUT2D eigenvalue weighted by atomic mass is 9.79. The average Bonchev–Trinajstić information content (AvgIpc) is 2.88. The molecule has 0 aliphatic carbocycles. The monoisotopic (exact) mass is 554 g/mol. The van der Waals surface area contributed by atoms with Crippen molar-refractivity contribution >= 4 is 11.9 Å². The Bertz CT molecular complexity index is 727. The predicted molar refractivity (Wildman–Crippen MR) is 153 cm³/mol. The minimum absolute atomic E-state index is 0.000443. The molecular weight excluding hydrogens is 496 g/mol. The molecule has 0 aromatic rings. The van der Waals surface area contributed by atoms with Gasteiger partial charge in [-0.05, 0) is 93.8 Å². The van der Waals surface area contributed by atoms with E-state index in [4.69, 9.17) is 14.6 Å². The van der Waals surface area contributed by atoms with E-state index in [2.05, 4.69) is 20.8 Å². The van der Waals surface area contributed by atoms with Crippen LogP contribution in [0.2, 0.25) is 0 Å². The molecule has 39 heavy (non-hydrogen) atoms. The van der Waals surface area contributed by atoms with Gasteiger partial charge in [0.1, 0.15) is 0 Å². The van der Waals surface area contributed by atoms with E-state index in [1.165, 1.54) is 19.3 Å². The molecule has 2 aliphatic heterocycles. The van der Waals surface area contributed by atoms with Crippen LogP contribution in [0.5, 0.6) is 0 Å². The van der Waals surface area contributed by atoms with Crippen LogP contribution in [0.3, 0.4) is 0 Å². The fourth-order valence-corrected chi connectivity index (χ4v) is 6.54. The summed E-state index contributed by atoms with van der Waals surface area (Å²) in [5, 5.41) is 28.5. The highest BCUT2D eigenvalue weighted by molar-refractivity contribution is 5.67. The van der Waals surface area contributed by atoms with Gasteiger partial charge < -0.3 is 24.8 Å². The Morgan fingerprint density at radius 3 is 2.15 bits per heavy atom. The van der Waals surface area contributed by atoms with Gasteiger partial charge in [0.25, 0.3) is 0 Å². The molecule has 228 valence electrons. The molecule has 7 nitrogen and oxygen atoms in total. The Hall–Kier alpha value is -1.18. The van der Waals surface area contributed by atoms with Gasteiger partial charge in [0, 0.05) is 25.7 Å². The molecule has 0 amide bonds. The fraction of sp³-hybridized carbons (Fsp3) is 0.938. The number of aliphatic carboxylic acids is 2. The Morgan fingerprint density at radius 1 is 0.846 bits per heavy atom. The Kier molecular flexibility index (Phi) is 14.8. The first-order valence-corrected chi connectivity index (χ1v) is 15.9. The molecule has 2 fully saturated rings. The van der Waals surface area contributed by atoms with Gasteiger partial charge in [-0.15, -0.1) is 0 Å². The highest BCUT2D eigenvalue weighted by Gasteiger charge is 2.47. The third-order valence-electron chi connectivity index (χ3n) is 9.53. The zero-order valence-electron chi connectivity index (χ0n) is 25.4. The van der Waals surface area contributed by atoms with Gasteiger partial charge in [-0.25, -0.2) is 0 Å². The molecule has 1 spiro atoms. The number of carboxylic acids is 2. The topological polar surface area (TPSA) is 113 Å². The molecule has 3 N–H and O–H groups in total. The van der Waals surface area contributed by atoms with Crippen molar-refractivity contribution in [2.45, 2.75) is 161 Å². The minimum atomic E-state index is -0.806. The van der Waals surface area contributed by atoms with Gasteiger partial charge >= 0.3 is 11.9 Å². The second-order valence-corrected chi connectivity index (χ2v) is 13.2. The lowest BCUT2D eigenvalue weighted by Crippen LogP contribution is -2.52. The molecule has 0 saturated carbocycles. The van der Waals surface area contributed by atoms with Crippen molar-refractivity contribution in [1.82, 2.24) is 0 Å². The number of ether oxygens (including phenoxy) is 2. The van der Waals surface area contributed by atoms with Crippen LogP contribution in [0.25, 0.3) is 0 Å². The van der Waals surface area contributed by atoms with Crippen molar-refractivity contribution in [2.75, 3.05) is 0 Å². The summed E-state index contributed by atoms with van der Waals surface area (Å²) in [7, 11) is 0. The summed E-state index contributed by atoms with van der Waals surface area (Å²) in [5.41, 5.74) is 0. The molecule has 0 bridgehead atoms. The number of carboxylic acid groups (broad SMARTS) is 2. The van der Waals surface area contributed by atoms with E-state index >= 15 is 0 Å². The number of carbonyl (C=O) groups is 2. The first-order valence-electron chi connectivity index (χ1n) is 15.9. The quantitative estimate of drug-likeness (QED) is 0.161. The normalized spacial score (nSPS) is 30.5. The summed E-state index contributed by atoms with van der Waals surface area (Å²) < 4.78 is 13.7. The molecule has 0 radical (unpaired) electrons. The van der Waals surface area contributed by atoms with Gasteiger partial charge in [-0.3, -0.25) is 9.59 Å². The zero-order chi connectivity index (χ0) is 29.0. The van der Waals surface area contributed by atoms with E-state index in [0.717, 1.165) is 57.8 Å². The van der Waals surface area contributed by atoms with Crippen molar-refractivity contribution in [3.05, 3.63) is 0 Å². The summed E-state index contributed by atoms with van der Waals surface area (Å²) in [4.78, 5) is 22.0. The number of aliphatic hydroxyl groups excluding tert-OH is 1. The van der Waals surface area contributed by atoms with E-state index in [9.17, 15) is 19.8 Å². The van der Waals surface area contributed by atoms with Crippen LogP contribution in [0, 0.1) is 29.6 Å². The van der Waals surface area contributed by atoms with Gasteiger partial charge in [0.05, 0.1) is 18.3 Å². The van der Waals surface area contributed by atoms with E-state index in [-0.39, 0.29) is 36.9 Å². The molecule has 2 unspecified atom stereocenters. The maximum Gasteiger partial charge on any atom is 0.303 e. The van der Waals surface area contributed by atoms with Crippen LogP contribution in [0.1, 0.15) is 137 Å². The van der Waals surface area contributed by atoms with Crippen molar-refractivity contribution < 1.29 is 34.4 Å². The third kappa shape index (κ3) is 12.1. The molecule has 2 saturated heterocycles. The fourth-order valence-electron chi connectivity index (χ4n) is 6.54. The predicted octanol–water partition coefficient (Wildman–Crippen LogP) is 7.43. The lowest BCUT2D eigenvalue weighted by molar-refractivity contribution is -0.334. The van der Waals surface area contributed by atoms with Crippen molar-refractivity contribution in [1.29, 1.82) is 0 Å². The van der Waals surface area contributed by atoms with Gasteiger partial charge in [-0.2, -0.15) is 0 Å². The molecule has 2 aliphatic rings. The average molecular weight is 555 g/mol. The Labute approximate surface area is 237 Å². The highest BCUT2D eigenvalue weighted by atomic mass is 16.7. The SMILES string of the molecule is CCCC[C@H]1CC[C@]2(CC[C@H](C)[C@@H](CCC(C)CC[C@H](O)[C@@H](C)CCC(=O)O)O2)O[C@H]1CCC(C)CC(=O)O. The summed E-state index contributed by atoms with van der Waals surface area (Å²) in [5.74, 6) is -0.406. The van der Waals surface area contributed by atoms with E-state index in [1.807, 2.05) is 13.8 Å². The van der Waals surface area contributed by atoms with Gasteiger partial charge in [0.2, 0.25) is 0 Å². The van der Waals surface area contributed by atoms with E-state index in [0.29, 0.717) is 30.6 Å². The maximum atomic E-state index is 11.2. The van der Waals surface area contributed by atoms with Crippen molar-refractivity contribution in [2.24, 2.45) is 29.6 Å². The number of hydrogen-bond acceptors (Lipinski definition) is 5. The molecule has 0 aromatic heterocycles. The summed E-state index contributed by atoms with van der Waals surface area (Å²) in [6.45, 7) is 10.7. The second kappa shape index (κ2) is 16.9. The molecular formula is C32H58O7. The third-order valence-corrected chi connectivity index (χ3v) is 9.53. The maximum absolute atomic E-state index is 11.2. The standard InChI is InChI=1S/C32H58O7/c1-6-7-8-26-18-20-32(39-29(26)15-11-23(3)21-31(36)37)19-17-25(5)28(38-32)14-10-22(2)9-13-27(33)24(4)12-16-30(34)35/h22-29,33H,6-21H2,1-5H3,(H,34,35)(H,36,37)/t22?,23?,24-,25-,26-,27-,28+,29-,32-/m0/s1. The molecule has 2 heterocycles. The van der Waals surface area contributed by atoms with Gasteiger partial charge in [-0.1, -0.05) is 47.5 Å². The lowest BCUT2D eigenvalue weighted by Gasteiger charge is -2.50. The van der Waals surface area contributed by atoms with E-state index < -0.39 is 23.8 Å². The molecule has 9 atom stereocenters. The number of unbranched alkanes of at least 4 members (excludes halogenated alkanes) is 1.